The van der Waals surface area contributed by atoms with Crippen LogP contribution < -0.4 is 9.64 Å². The third-order valence-electron chi connectivity index (χ3n) is 5.12. The summed E-state index contributed by atoms with van der Waals surface area (Å²) < 4.78 is 18.6. The van der Waals surface area contributed by atoms with Crippen molar-refractivity contribution < 1.29 is 14.1 Å². The van der Waals surface area contributed by atoms with Crippen molar-refractivity contribution in [2.45, 2.75) is 6.54 Å². The number of hydrogen-bond acceptors (Lipinski definition) is 7. The van der Waals surface area contributed by atoms with Gasteiger partial charge in [-0.25, -0.2) is 9.37 Å². The van der Waals surface area contributed by atoms with Crippen molar-refractivity contribution in [3.63, 3.8) is 0 Å². The highest BCUT2D eigenvalue weighted by atomic mass is 32.1. The summed E-state index contributed by atoms with van der Waals surface area (Å²) in [6, 6.07) is 11.6. The van der Waals surface area contributed by atoms with Crippen molar-refractivity contribution in [2.75, 3.05) is 38.2 Å². The molecule has 0 unspecified atom stereocenters. The summed E-state index contributed by atoms with van der Waals surface area (Å²) in [5.74, 6) is 0.218. The van der Waals surface area contributed by atoms with Gasteiger partial charge in [0, 0.05) is 43.7 Å². The topological polar surface area (TPSA) is 71.7 Å². The fourth-order valence-corrected chi connectivity index (χ4v) is 4.35. The lowest BCUT2D eigenvalue weighted by atomic mass is 10.2. The van der Waals surface area contributed by atoms with Gasteiger partial charge in [-0.2, -0.15) is 0 Å². The maximum Gasteiger partial charge on any atom is 0.295 e. The van der Waals surface area contributed by atoms with Crippen molar-refractivity contribution in [3.05, 3.63) is 69.5 Å². The first-order valence-electron chi connectivity index (χ1n) is 9.53. The van der Waals surface area contributed by atoms with Crippen LogP contribution in [0.4, 0.5) is 15.8 Å². The molecule has 4 rings (SSSR count). The number of benzene rings is 2. The number of halogens is 1. The van der Waals surface area contributed by atoms with E-state index in [4.69, 9.17) is 9.72 Å². The summed E-state index contributed by atoms with van der Waals surface area (Å²) in [7, 11) is 1.64. The summed E-state index contributed by atoms with van der Waals surface area (Å²) in [5.41, 5.74) is 2.34. The van der Waals surface area contributed by atoms with E-state index >= 15 is 0 Å². The molecule has 2 heterocycles. The predicted octanol–water partition coefficient (Wildman–Crippen LogP) is 4.19. The predicted molar refractivity (Wildman–Crippen MR) is 115 cm³/mol. The van der Waals surface area contributed by atoms with Crippen LogP contribution in [0.5, 0.6) is 5.75 Å². The van der Waals surface area contributed by atoms with E-state index in [1.807, 2.05) is 29.2 Å². The Morgan fingerprint density at radius 1 is 1.17 bits per heavy atom. The van der Waals surface area contributed by atoms with E-state index in [0.29, 0.717) is 18.8 Å². The fraction of sp³-hybridized carbons (Fsp3) is 0.286. The van der Waals surface area contributed by atoms with E-state index in [1.54, 1.807) is 18.4 Å². The van der Waals surface area contributed by atoms with Crippen molar-refractivity contribution >= 4 is 22.7 Å². The number of aromatic nitrogens is 1. The molecule has 0 atom stereocenters. The third kappa shape index (κ3) is 4.42. The van der Waals surface area contributed by atoms with Gasteiger partial charge >= 0.3 is 0 Å². The molecule has 0 bridgehead atoms. The maximum absolute atomic E-state index is 13.4. The summed E-state index contributed by atoms with van der Waals surface area (Å²) in [6.45, 7) is 3.52. The van der Waals surface area contributed by atoms with Crippen LogP contribution in [0.25, 0.3) is 10.6 Å². The molecule has 1 fully saturated rings. The average Bonchev–Trinajstić information content (AvgIpc) is 3.23. The Kier molecular flexibility index (Phi) is 5.91. The smallest absolute Gasteiger partial charge is 0.295 e. The van der Waals surface area contributed by atoms with Crippen molar-refractivity contribution in [2.24, 2.45) is 0 Å². The Bertz CT molecular complexity index is 1030. The highest BCUT2D eigenvalue weighted by Crippen LogP contribution is 2.30. The second kappa shape index (κ2) is 8.76. The Morgan fingerprint density at radius 2 is 1.90 bits per heavy atom. The number of piperazine rings is 1. The Morgan fingerprint density at radius 3 is 2.57 bits per heavy atom. The van der Waals surface area contributed by atoms with Gasteiger partial charge in [-0.05, 0) is 36.4 Å². The molecule has 156 valence electrons. The van der Waals surface area contributed by atoms with Gasteiger partial charge in [0.25, 0.3) is 5.69 Å². The molecule has 0 radical (unpaired) electrons. The molecular formula is C21H21FN4O3S. The first-order valence-corrected chi connectivity index (χ1v) is 10.4. The van der Waals surface area contributed by atoms with Crippen molar-refractivity contribution in [1.29, 1.82) is 0 Å². The van der Waals surface area contributed by atoms with Gasteiger partial charge in [-0.15, -0.1) is 11.3 Å². The molecule has 1 aromatic heterocycles. The number of ether oxygens (including phenoxy) is 1. The molecule has 1 saturated heterocycles. The molecule has 2 aromatic carbocycles. The van der Waals surface area contributed by atoms with Crippen LogP contribution in [-0.2, 0) is 6.54 Å². The number of hydrogen-bond donors (Lipinski definition) is 0. The Hall–Kier alpha value is -3.04. The van der Waals surface area contributed by atoms with E-state index in [9.17, 15) is 14.5 Å². The molecule has 30 heavy (non-hydrogen) atoms. The molecule has 0 N–H and O–H groups in total. The molecule has 0 spiro atoms. The third-order valence-corrected chi connectivity index (χ3v) is 6.06. The number of nitrogens with zero attached hydrogens (tertiary/aromatic N) is 4. The summed E-state index contributed by atoms with van der Waals surface area (Å²) in [5, 5.41) is 14.3. The van der Waals surface area contributed by atoms with Gasteiger partial charge in [0.2, 0.25) is 0 Å². The average molecular weight is 428 g/mol. The van der Waals surface area contributed by atoms with Crippen LogP contribution in [-0.4, -0.2) is 48.1 Å². The minimum atomic E-state index is -0.597. The van der Waals surface area contributed by atoms with E-state index in [0.717, 1.165) is 47.7 Å². The molecule has 9 heteroatoms. The summed E-state index contributed by atoms with van der Waals surface area (Å²) >= 11 is 1.61. The quantitative estimate of drug-likeness (QED) is 0.433. The van der Waals surface area contributed by atoms with Crippen LogP contribution in [0.3, 0.4) is 0 Å². The number of nitro benzene ring substituents is 1. The molecule has 7 nitrogen and oxygen atoms in total. The second-order valence-electron chi connectivity index (χ2n) is 7.03. The van der Waals surface area contributed by atoms with Crippen molar-refractivity contribution in [3.8, 4) is 16.3 Å². The molecule has 1 aliphatic rings. The highest BCUT2D eigenvalue weighted by molar-refractivity contribution is 7.13. The lowest BCUT2D eigenvalue weighted by Gasteiger charge is -2.35. The Balaban J connectivity index is 1.38. The standard InChI is InChI=1S/C21H21FN4O3S/c1-29-18-5-2-15(3-6-18)21-23-17(14-30-21)13-24-8-10-25(11-9-24)19-7-4-16(22)12-20(19)26(27)28/h2-7,12,14H,8-11,13H2,1H3. The van der Waals surface area contributed by atoms with Gasteiger partial charge in [0.15, 0.2) is 0 Å². The number of anilines is 1. The molecular weight excluding hydrogens is 407 g/mol. The van der Waals surface area contributed by atoms with Crippen LogP contribution >= 0.6 is 11.3 Å². The van der Waals surface area contributed by atoms with Crippen LogP contribution in [0, 0.1) is 15.9 Å². The fourth-order valence-electron chi connectivity index (χ4n) is 3.53. The number of rotatable bonds is 6. The van der Waals surface area contributed by atoms with Crippen molar-refractivity contribution in [1.82, 2.24) is 9.88 Å². The molecule has 1 aliphatic heterocycles. The summed E-state index contributed by atoms with van der Waals surface area (Å²) in [4.78, 5) is 19.7. The van der Waals surface area contributed by atoms with Gasteiger partial charge in [0.05, 0.1) is 23.8 Å². The van der Waals surface area contributed by atoms with Gasteiger partial charge in [0.1, 0.15) is 22.3 Å². The molecule has 0 amide bonds. The SMILES string of the molecule is COc1ccc(-c2nc(CN3CCN(c4ccc(F)cc4[N+](=O)[O-])CC3)cs2)cc1. The van der Waals surface area contributed by atoms with Crippen LogP contribution in [0.15, 0.2) is 47.8 Å². The highest BCUT2D eigenvalue weighted by Gasteiger charge is 2.24. The molecule has 0 saturated carbocycles. The molecule has 3 aromatic rings. The monoisotopic (exact) mass is 428 g/mol. The van der Waals surface area contributed by atoms with E-state index < -0.39 is 10.7 Å². The van der Waals surface area contributed by atoms with Gasteiger partial charge in [-0.1, -0.05) is 0 Å². The van der Waals surface area contributed by atoms with E-state index in [2.05, 4.69) is 10.3 Å². The zero-order chi connectivity index (χ0) is 21.1. The van der Waals surface area contributed by atoms with Crippen LogP contribution in [0.1, 0.15) is 5.69 Å². The zero-order valence-electron chi connectivity index (χ0n) is 16.5. The molecule has 0 aliphatic carbocycles. The second-order valence-corrected chi connectivity index (χ2v) is 7.88. The normalized spacial score (nSPS) is 14.7. The van der Waals surface area contributed by atoms with Crippen LogP contribution in [0.2, 0.25) is 0 Å². The number of methoxy groups -OCH3 is 1. The number of thiazole rings is 1. The first kappa shape index (κ1) is 20.2. The van der Waals surface area contributed by atoms with Gasteiger partial charge in [-0.3, -0.25) is 15.0 Å². The van der Waals surface area contributed by atoms with Gasteiger partial charge < -0.3 is 9.64 Å². The zero-order valence-corrected chi connectivity index (χ0v) is 17.3. The largest absolute Gasteiger partial charge is 0.497 e. The van der Waals surface area contributed by atoms with E-state index in [1.165, 1.54) is 12.1 Å². The Labute approximate surface area is 177 Å². The maximum atomic E-state index is 13.4. The number of nitro groups is 1. The lowest BCUT2D eigenvalue weighted by Crippen LogP contribution is -2.46. The first-order chi connectivity index (χ1) is 14.5. The summed E-state index contributed by atoms with van der Waals surface area (Å²) in [6.07, 6.45) is 0. The van der Waals surface area contributed by atoms with E-state index in [-0.39, 0.29) is 5.69 Å². The minimum Gasteiger partial charge on any atom is -0.497 e. The minimum absolute atomic E-state index is 0.188. The lowest BCUT2D eigenvalue weighted by molar-refractivity contribution is -0.384.